The number of ether oxygens (including phenoxy) is 3. The molecule has 2 heterocycles. The van der Waals surface area contributed by atoms with Gasteiger partial charge in [0.05, 0.1) is 25.9 Å². The number of guanidine groups is 1. The second kappa shape index (κ2) is 11.4. The van der Waals surface area contributed by atoms with Crippen molar-refractivity contribution in [2.45, 2.75) is 45.4 Å². The highest BCUT2D eigenvalue weighted by molar-refractivity contribution is 5.79. The number of hydrogen-bond donors (Lipinski definition) is 1. The molecular formula is C22H35N3O3. The zero-order valence-corrected chi connectivity index (χ0v) is 17.4. The van der Waals surface area contributed by atoms with E-state index in [0.29, 0.717) is 25.2 Å². The van der Waals surface area contributed by atoms with Crippen molar-refractivity contribution in [1.29, 1.82) is 0 Å². The molecule has 0 spiro atoms. The average molecular weight is 390 g/mol. The van der Waals surface area contributed by atoms with Gasteiger partial charge in [-0.1, -0.05) is 24.3 Å². The molecule has 6 heteroatoms. The first-order valence-corrected chi connectivity index (χ1v) is 10.6. The predicted octanol–water partition coefficient (Wildman–Crippen LogP) is 2.82. The van der Waals surface area contributed by atoms with E-state index in [4.69, 9.17) is 19.2 Å². The molecule has 0 aliphatic carbocycles. The first kappa shape index (κ1) is 21.1. The minimum atomic E-state index is 0.335. The lowest BCUT2D eigenvalue weighted by Crippen LogP contribution is -2.41. The van der Waals surface area contributed by atoms with Gasteiger partial charge in [-0.25, -0.2) is 4.99 Å². The maximum atomic E-state index is 6.00. The Labute approximate surface area is 169 Å². The van der Waals surface area contributed by atoms with Crippen molar-refractivity contribution in [1.82, 2.24) is 10.2 Å². The van der Waals surface area contributed by atoms with Gasteiger partial charge in [0.2, 0.25) is 0 Å². The summed E-state index contributed by atoms with van der Waals surface area (Å²) in [5, 5.41) is 3.40. The average Bonchev–Trinajstić information content (AvgIpc) is 3.24. The molecule has 3 rings (SSSR count). The maximum absolute atomic E-state index is 6.00. The summed E-state index contributed by atoms with van der Waals surface area (Å²) < 4.78 is 16.9. The van der Waals surface area contributed by atoms with Crippen LogP contribution in [0.15, 0.2) is 29.3 Å². The lowest BCUT2D eigenvalue weighted by Gasteiger charge is -2.24. The summed E-state index contributed by atoms with van der Waals surface area (Å²) in [7, 11) is 2.11. The summed E-state index contributed by atoms with van der Waals surface area (Å²) in [6.45, 7) is 8.68. The molecule has 0 amide bonds. The standard InChI is InChI=1S/C22H35N3O3/c1-3-23-22(25(2)15-20-8-11-27-16-20)24-14-18-4-6-19(7-5-18)17-28-21-9-12-26-13-10-21/h4-7,20-21H,3,8-17H2,1-2H3,(H,23,24). The quantitative estimate of drug-likeness (QED) is 0.547. The highest BCUT2D eigenvalue weighted by atomic mass is 16.5. The van der Waals surface area contributed by atoms with Gasteiger partial charge < -0.3 is 24.4 Å². The third-order valence-corrected chi connectivity index (χ3v) is 5.34. The van der Waals surface area contributed by atoms with Crippen molar-refractivity contribution in [3.05, 3.63) is 35.4 Å². The molecule has 1 N–H and O–H groups in total. The third kappa shape index (κ3) is 6.76. The van der Waals surface area contributed by atoms with Crippen molar-refractivity contribution in [3.63, 3.8) is 0 Å². The third-order valence-electron chi connectivity index (χ3n) is 5.34. The summed E-state index contributed by atoms with van der Waals surface area (Å²) in [5.74, 6) is 1.56. The molecule has 0 saturated carbocycles. The molecule has 2 aliphatic rings. The normalized spacial score (nSPS) is 21.1. The van der Waals surface area contributed by atoms with E-state index in [1.165, 1.54) is 11.1 Å². The Bertz CT molecular complexity index is 594. The minimum Gasteiger partial charge on any atom is -0.381 e. The molecular weight excluding hydrogens is 354 g/mol. The lowest BCUT2D eigenvalue weighted by molar-refractivity contribution is -0.0390. The zero-order valence-electron chi connectivity index (χ0n) is 17.4. The number of hydrogen-bond acceptors (Lipinski definition) is 4. The van der Waals surface area contributed by atoms with E-state index >= 15 is 0 Å². The summed E-state index contributed by atoms with van der Waals surface area (Å²) >= 11 is 0. The van der Waals surface area contributed by atoms with Crippen LogP contribution in [0.3, 0.4) is 0 Å². The molecule has 1 atom stereocenters. The fraction of sp³-hybridized carbons (Fsp3) is 0.682. The smallest absolute Gasteiger partial charge is 0.193 e. The van der Waals surface area contributed by atoms with E-state index in [1.807, 2.05) is 0 Å². The van der Waals surface area contributed by atoms with Gasteiger partial charge in [0.1, 0.15) is 0 Å². The van der Waals surface area contributed by atoms with Gasteiger partial charge in [0.15, 0.2) is 5.96 Å². The van der Waals surface area contributed by atoms with E-state index < -0.39 is 0 Å². The molecule has 6 nitrogen and oxygen atoms in total. The molecule has 2 saturated heterocycles. The fourth-order valence-electron chi connectivity index (χ4n) is 3.63. The van der Waals surface area contributed by atoms with Gasteiger partial charge in [-0.15, -0.1) is 0 Å². The van der Waals surface area contributed by atoms with Crippen LogP contribution in [-0.2, 0) is 27.4 Å². The van der Waals surface area contributed by atoms with Crippen LogP contribution >= 0.6 is 0 Å². The number of nitrogens with one attached hydrogen (secondary N) is 1. The lowest BCUT2D eigenvalue weighted by atomic mass is 10.1. The zero-order chi connectivity index (χ0) is 19.6. The van der Waals surface area contributed by atoms with Crippen LogP contribution in [0.2, 0.25) is 0 Å². The minimum absolute atomic E-state index is 0.335. The van der Waals surface area contributed by atoms with Gasteiger partial charge >= 0.3 is 0 Å². The molecule has 2 aliphatic heterocycles. The van der Waals surface area contributed by atoms with Crippen molar-refractivity contribution < 1.29 is 14.2 Å². The Morgan fingerprint density at radius 2 is 1.82 bits per heavy atom. The Kier molecular flexibility index (Phi) is 8.58. The van der Waals surface area contributed by atoms with E-state index in [-0.39, 0.29) is 0 Å². The second-order valence-corrected chi connectivity index (χ2v) is 7.72. The molecule has 28 heavy (non-hydrogen) atoms. The number of benzene rings is 1. The van der Waals surface area contributed by atoms with E-state index in [0.717, 1.165) is 64.7 Å². The van der Waals surface area contributed by atoms with Crippen molar-refractivity contribution in [2.75, 3.05) is 46.6 Å². The van der Waals surface area contributed by atoms with Crippen LogP contribution in [0.25, 0.3) is 0 Å². The van der Waals surface area contributed by atoms with Crippen molar-refractivity contribution >= 4 is 5.96 Å². The number of rotatable bonds is 8. The van der Waals surface area contributed by atoms with E-state index in [2.05, 4.69) is 48.5 Å². The van der Waals surface area contributed by atoms with Crippen molar-refractivity contribution in [3.8, 4) is 0 Å². The largest absolute Gasteiger partial charge is 0.381 e. The van der Waals surface area contributed by atoms with Crippen LogP contribution in [0.5, 0.6) is 0 Å². The van der Waals surface area contributed by atoms with Gasteiger partial charge in [0, 0.05) is 45.9 Å². The maximum Gasteiger partial charge on any atom is 0.193 e. The molecule has 2 fully saturated rings. The van der Waals surface area contributed by atoms with Crippen LogP contribution in [-0.4, -0.2) is 63.5 Å². The van der Waals surface area contributed by atoms with Gasteiger partial charge in [0.25, 0.3) is 0 Å². The number of aliphatic imine (C=N–C) groups is 1. The molecule has 0 radical (unpaired) electrons. The van der Waals surface area contributed by atoms with Crippen molar-refractivity contribution in [2.24, 2.45) is 10.9 Å². The molecule has 1 unspecified atom stereocenters. The Morgan fingerprint density at radius 3 is 2.50 bits per heavy atom. The second-order valence-electron chi connectivity index (χ2n) is 7.72. The van der Waals surface area contributed by atoms with Crippen LogP contribution in [0.4, 0.5) is 0 Å². The molecule has 156 valence electrons. The van der Waals surface area contributed by atoms with Gasteiger partial charge in [-0.05, 0) is 37.3 Å². The molecule has 0 bridgehead atoms. The molecule has 1 aromatic carbocycles. The Balaban J connectivity index is 1.48. The van der Waals surface area contributed by atoms with Crippen LogP contribution < -0.4 is 5.32 Å². The first-order chi connectivity index (χ1) is 13.7. The summed E-state index contributed by atoms with van der Waals surface area (Å²) in [6.07, 6.45) is 3.48. The SMILES string of the molecule is CCNC(=NCc1ccc(COC2CCOCC2)cc1)N(C)CC1CCOC1. The predicted molar refractivity (Wildman–Crippen MR) is 111 cm³/mol. The van der Waals surface area contributed by atoms with Crippen LogP contribution in [0.1, 0.15) is 37.3 Å². The molecule has 0 aromatic heterocycles. The summed E-state index contributed by atoms with van der Waals surface area (Å²) in [5.41, 5.74) is 2.42. The first-order valence-electron chi connectivity index (χ1n) is 10.6. The molecule has 1 aromatic rings. The van der Waals surface area contributed by atoms with Crippen LogP contribution in [0, 0.1) is 5.92 Å². The summed E-state index contributed by atoms with van der Waals surface area (Å²) in [4.78, 5) is 7.04. The van der Waals surface area contributed by atoms with Gasteiger partial charge in [-0.2, -0.15) is 0 Å². The Hall–Kier alpha value is -1.63. The Morgan fingerprint density at radius 1 is 1.11 bits per heavy atom. The van der Waals surface area contributed by atoms with Gasteiger partial charge in [-0.3, -0.25) is 0 Å². The van der Waals surface area contributed by atoms with E-state index in [9.17, 15) is 0 Å². The number of nitrogens with zero attached hydrogens (tertiary/aromatic N) is 2. The fourth-order valence-corrected chi connectivity index (χ4v) is 3.63. The highest BCUT2D eigenvalue weighted by Gasteiger charge is 2.19. The van der Waals surface area contributed by atoms with E-state index in [1.54, 1.807) is 0 Å². The topological polar surface area (TPSA) is 55.3 Å². The monoisotopic (exact) mass is 389 g/mol. The highest BCUT2D eigenvalue weighted by Crippen LogP contribution is 2.15. The summed E-state index contributed by atoms with van der Waals surface area (Å²) in [6, 6.07) is 8.61.